The predicted octanol–water partition coefficient (Wildman–Crippen LogP) is 3.75. The Hall–Kier alpha value is 0.0300. The topological polar surface area (TPSA) is 0 Å². The molecule has 0 aromatic heterocycles. The van der Waals surface area contributed by atoms with Crippen LogP contribution in [-0.2, 0) is 0 Å². The predicted molar refractivity (Wildman–Crippen MR) is 51.0 cm³/mol. The first kappa shape index (κ1) is 9.12. The molecule has 1 aliphatic rings. The van der Waals surface area contributed by atoms with E-state index in [-0.39, 0.29) is 0 Å². The summed E-state index contributed by atoms with van der Waals surface area (Å²) >= 11 is 6.17. The van der Waals surface area contributed by atoms with Gasteiger partial charge in [-0.15, -0.1) is 11.6 Å². The van der Waals surface area contributed by atoms with E-state index in [4.69, 9.17) is 11.6 Å². The van der Waals surface area contributed by atoms with Crippen molar-refractivity contribution in [1.29, 1.82) is 0 Å². The van der Waals surface area contributed by atoms with Crippen LogP contribution in [0.2, 0.25) is 0 Å². The lowest BCUT2D eigenvalue weighted by molar-refractivity contribution is 0.365. The quantitative estimate of drug-likeness (QED) is 0.440. The summed E-state index contributed by atoms with van der Waals surface area (Å²) in [7, 11) is 0. The molecule has 11 heavy (non-hydrogen) atoms. The van der Waals surface area contributed by atoms with Crippen LogP contribution < -0.4 is 0 Å². The number of halogens is 1. The van der Waals surface area contributed by atoms with E-state index in [0.29, 0.717) is 5.38 Å². The highest BCUT2D eigenvalue weighted by atomic mass is 35.5. The first-order chi connectivity index (χ1) is 5.34. The molecule has 0 N–H and O–H groups in total. The van der Waals surface area contributed by atoms with Crippen molar-refractivity contribution >= 4 is 11.6 Å². The maximum atomic E-state index is 6.17. The van der Waals surface area contributed by atoms with Crippen LogP contribution in [-0.4, -0.2) is 5.38 Å². The van der Waals surface area contributed by atoms with E-state index in [1.54, 1.807) is 0 Å². The molecule has 0 saturated heterocycles. The molecule has 1 heteroatoms. The number of hydrogen-bond acceptors (Lipinski definition) is 0. The highest BCUT2D eigenvalue weighted by molar-refractivity contribution is 6.21. The second kappa shape index (κ2) is 4.82. The van der Waals surface area contributed by atoms with Crippen molar-refractivity contribution in [2.24, 2.45) is 5.92 Å². The molecule has 0 aromatic carbocycles. The van der Waals surface area contributed by atoms with Gasteiger partial charge in [0.25, 0.3) is 0 Å². The third-order valence-electron chi connectivity index (χ3n) is 2.48. The van der Waals surface area contributed by atoms with E-state index < -0.39 is 0 Å². The minimum atomic E-state index is 0.292. The van der Waals surface area contributed by atoms with E-state index in [1.807, 2.05) is 6.92 Å². The molecule has 1 aliphatic carbocycles. The average molecular weight is 173 g/mol. The van der Waals surface area contributed by atoms with Gasteiger partial charge in [0.05, 0.1) is 5.38 Å². The summed E-state index contributed by atoms with van der Waals surface area (Å²) in [5, 5.41) is 0.292. The molecule has 0 radical (unpaired) electrons. The molecule has 0 aliphatic heterocycles. The Morgan fingerprint density at radius 2 is 1.91 bits per heavy atom. The second-order valence-electron chi connectivity index (χ2n) is 3.37. The molecule has 0 amide bonds. The summed E-state index contributed by atoms with van der Waals surface area (Å²) in [5.41, 5.74) is 0. The van der Waals surface area contributed by atoms with Crippen molar-refractivity contribution in [3.8, 4) is 0 Å². The zero-order valence-corrected chi connectivity index (χ0v) is 7.98. The molecule has 0 aromatic rings. The molecule has 1 unspecified atom stereocenters. The molecule has 1 atom stereocenters. The minimum Gasteiger partial charge on any atom is -0.118 e. The zero-order valence-electron chi connectivity index (χ0n) is 7.22. The van der Waals surface area contributed by atoms with Crippen LogP contribution in [0.15, 0.2) is 12.2 Å². The van der Waals surface area contributed by atoms with Crippen molar-refractivity contribution in [2.75, 3.05) is 0 Å². The molecular weight excluding hydrogens is 156 g/mol. The van der Waals surface area contributed by atoms with Gasteiger partial charge in [0.2, 0.25) is 0 Å². The SMILES string of the molecule is C/C=C/C(Cl)C1CCCCC1. The average Bonchev–Trinajstić information content (AvgIpc) is 2.07. The van der Waals surface area contributed by atoms with Gasteiger partial charge in [-0.3, -0.25) is 0 Å². The molecule has 0 nitrogen and oxygen atoms in total. The van der Waals surface area contributed by atoms with E-state index >= 15 is 0 Å². The van der Waals surface area contributed by atoms with Crippen LogP contribution in [0.25, 0.3) is 0 Å². The first-order valence-electron chi connectivity index (χ1n) is 4.61. The Bertz CT molecular complexity index is 123. The number of hydrogen-bond donors (Lipinski definition) is 0. The van der Waals surface area contributed by atoms with Crippen molar-refractivity contribution in [3.63, 3.8) is 0 Å². The lowest BCUT2D eigenvalue weighted by Gasteiger charge is -2.23. The van der Waals surface area contributed by atoms with Gasteiger partial charge in [-0.25, -0.2) is 0 Å². The van der Waals surface area contributed by atoms with Crippen molar-refractivity contribution in [2.45, 2.75) is 44.4 Å². The van der Waals surface area contributed by atoms with Crippen molar-refractivity contribution in [3.05, 3.63) is 12.2 Å². The fourth-order valence-electron chi connectivity index (χ4n) is 1.79. The third kappa shape index (κ3) is 2.86. The maximum absolute atomic E-state index is 6.17. The van der Waals surface area contributed by atoms with Gasteiger partial charge in [0.15, 0.2) is 0 Å². The Kier molecular flexibility index (Phi) is 3.99. The van der Waals surface area contributed by atoms with Gasteiger partial charge in [-0.1, -0.05) is 31.4 Å². The first-order valence-corrected chi connectivity index (χ1v) is 5.05. The number of rotatable bonds is 2. The molecule has 0 heterocycles. The highest BCUT2D eigenvalue weighted by Crippen LogP contribution is 2.29. The van der Waals surface area contributed by atoms with Crippen LogP contribution >= 0.6 is 11.6 Å². The third-order valence-corrected chi connectivity index (χ3v) is 2.98. The smallest absolute Gasteiger partial charge is 0.0544 e. The Labute approximate surface area is 74.6 Å². The van der Waals surface area contributed by atoms with Gasteiger partial charge < -0.3 is 0 Å². The lowest BCUT2D eigenvalue weighted by atomic mass is 9.86. The minimum absolute atomic E-state index is 0.292. The number of alkyl halides is 1. The Morgan fingerprint density at radius 3 is 2.45 bits per heavy atom. The molecule has 64 valence electrons. The summed E-state index contributed by atoms with van der Waals surface area (Å²) < 4.78 is 0. The van der Waals surface area contributed by atoms with Gasteiger partial charge in [-0.05, 0) is 25.7 Å². The van der Waals surface area contributed by atoms with E-state index in [9.17, 15) is 0 Å². The van der Waals surface area contributed by atoms with Gasteiger partial charge >= 0.3 is 0 Å². The van der Waals surface area contributed by atoms with Gasteiger partial charge in [-0.2, -0.15) is 0 Å². The standard InChI is InChI=1S/C10H17Cl/c1-2-6-10(11)9-7-4-3-5-8-9/h2,6,9-10H,3-5,7-8H2,1H3/b6-2+. The second-order valence-corrected chi connectivity index (χ2v) is 3.87. The fourth-order valence-corrected chi connectivity index (χ4v) is 2.19. The fraction of sp³-hybridized carbons (Fsp3) is 0.800. The highest BCUT2D eigenvalue weighted by Gasteiger charge is 2.18. The largest absolute Gasteiger partial charge is 0.118 e. The Balaban J connectivity index is 2.32. The summed E-state index contributed by atoms with van der Waals surface area (Å²) in [5.74, 6) is 0.751. The number of allylic oxidation sites excluding steroid dienone is 2. The van der Waals surface area contributed by atoms with Gasteiger partial charge in [0, 0.05) is 0 Å². The zero-order chi connectivity index (χ0) is 8.10. The van der Waals surface area contributed by atoms with Crippen LogP contribution in [0, 0.1) is 5.92 Å². The molecule has 1 fully saturated rings. The molecular formula is C10H17Cl. The maximum Gasteiger partial charge on any atom is 0.0544 e. The van der Waals surface area contributed by atoms with Gasteiger partial charge in [0.1, 0.15) is 0 Å². The molecule has 1 saturated carbocycles. The lowest BCUT2D eigenvalue weighted by Crippen LogP contribution is -2.15. The normalized spacial score (nSPS) is 24.2. The van der Waals surface area contributed by atoms with Crippen LogP contribution in [0.5, 0.6) is 0 Å². The summed E-state index contributed by atoms with van der Waals surface area (Å²) in [6, 6.07) is 0. The van der Waals surface area contributed by atoms with Crippen molar-refractivity contribution in [1.82, 2.24) is 0 Å². The molecule has 1 rings (SSSR count). The van der Waals surface area contributed by atoms with Crippen LogP contribution in [0.3, 0.4) is 0 Å². The van der Waals surface area contributed by atoms with Crippen LogP contribution in [0.1, 0.15) is 39.0 Å². The molecule has 0 spiro atoms. The molecule has 0 bridgehead atoms. The summed E-state index contributed by atoms with van der Waals surface area (Å²) in [6.45, 7) is 2.04. The van der Waals surface area contributed by atoms with Crippen LogP contribution in [0.4, 0.5) is 0 Å². The monoisotopic (exact) mass is 172 g/mol. The van der Waals surface area contributed by atoms with E-state index in [1.165, 1.54) is 32.1 Å². The van der Waals surface area contributed by atoms with E-state index in [0.717, 1.165) is 5.92 Å². The summed E-state index contributed by atoms with van der Waals surface area (Å²) in [6.07, 6.45) is 11.0. The van der Waals surface area contributed by atoms with E-state index in [2.05, 4.69) is 12.2 Å². The van der Waals surface area contributed by atoms with Crippen molar-refractivity contribution < 1.29 is 0 Å². The summed E-state index contributed by atoms with van der Waals surface area (Å²) in [4.78, 5) is 0. The Morgan fingerprint density at radius 1 is 1.27 bits per heavy atom.